The summed E-state index contributed by atoms with van der Waals surface area (Å²) in [5.74, 6) is -1.03. The molecule has 1 heterocycles. The third-order valence-electron chi connectivity index (χ3n) is 4.78. The minimum Gasteiger partial charge on any atom is -0.503 e. The maximum Gasteiger partial charge on any atom is 0.290 e. The van der Waals surface area contributed by atoms with Gasteiger partial charge in [-0.1, -0.05) is 47.3 Å². The van der Waals surface area contributed by atoms with Crippen LogP contribution in [0.3, 0.4) is 0 Å². The number of hydrogen-bond donors (Lipinski definition) is 1. The van der Waals surface area contributed by atoms with Crippen molar-refractivity contribution in [3.63, 3.8) is 0 Å². The molecule has 0 aromatic heterocycles. The molecule has 1 amide bonds. The molecule has 3 rings (SSSR count). The van der Waals surface area contributed by atoms with Gasteiger partial charge < -0.3 is 10.0 Å². The molecule has 4 nitrogen and oxygen atoms in total. The number of hydrogen-bond acceptors (Lipinski definition) is 3. The predicted molar refractivity (Wildman–Crippen MR) is 90.9 cm³/mol. The second-order valence-corrected chi connectivity index (χ2v) is 7.19. The molecule has 1 N–H and O–H groups in total. The molecular weight excluding hydrogens is 358 g/mol. The lowest BCUT2D eigenvalue weighted by atomic mass is 9.90. The molecule has 1 atom stereocenters. The number of amides is 1. The minimum absolute atomic E-state index is 0.0869. The number of aliphatic hydroxyl groups is 1. The van der Waals surface area contributed by atoms with Crippen molar-refractivity contribution >= 4 is 27.6 Å². The van der Waals surface area contributed by atoms with Gasteiger partial charge in [0.2, 0.25) is 0 Å². The highest BCUT2D eigenvalue weighted by molar-refractivity contribution is 9.10. The number of carbonyl (C=O) groups is 2. The van der Waals surface area contributed by atoms with E-state index in [0.717, 1.165) is 35.7 Å². The van der Waals surface area contributed by atoms with Crippen molar-refractivity contribution in [2.24, 2.45) is 0 Å². The summed E-state index contributed by atoms with van der Waals surface area (Å²) in [7, 11) is 0. The Kier molecular flexibility index (Phi) is 4.57. The maximum atomic E-state index is 12.6. The molecule has 5 heteroatoms. The van der Waals surface area contributed by atoms with Crippen LogP contribution in [0.25, 0.3) is 0 Å². The summed E-state index contributed by atoms with van der Waals surface area (Å²) >= 11 is 3.40. The van der Waals surface area contributed by atoms with Gasteiger partial charge in [-0.25, -0.2) is 0 Å². The summed E-state index contributed by atoms with van der Waals surface area (Å²) in [5.41, 5.74) is 1.09. The average Bonchev–Trinajstić information content (AvgIpc) is 2.81. The molecule has 1 unspecified atom stereocenters. The van der Waals surface area contributed by atoms with Gasteiger partial charge in [-0.2, -0.15) is 0 Å². The molecule has 2 aliphatic rings. The third kappa shape index (κ3) is 2.94. The number of aliphatic hydroxyl groups excluding tert-OH is 1. The van der Waals surface area contributed by atoms with Gasteiger partial charge in [-0.15, -0.1) is 0 Å². The molecule has 122 valence electrons. The lowest BCUT2D eigenvalue weighted by Crippen LogP contribution is -2.41. The zero-order valence-electron chi connectivity index (χ0n) is 13.1. The monoisotopic (exact) mass is 377 g/mol. The molecule has 1 aliphatic heterocycles. The number of benzene rings is 1. The number of carbonyl (C=O) groups excluding carboxylic acids is 2. The first kappa shape index (κ1) is 16.2. The van der Waals surface area contributed by atoms with Crippen LogP contribution >= 0.6 is 15.9 Å². The first-order valence-corrected chi connectivity index (χ1v) is 8.82. The standard InChI is InChI=1S/C18H20BrNO3/c1-11(21)15-16(12-7-9-13(19)10-8-12)20(18(23)17(15)22)14-5-3-2-4-6-14/h7-10,14,16,22H,2-6H2,1H3. The summed E-state index contributed by atoms with van der Waals surface area (Å²) in [4.78, 5) is 26.4. The van der Waals surface area contributed by atoms with Crippen LogP contribution in [0.1, 0.15) is 50.6 Å². The quantitative estimate of drug-likeness (QED) is 0.863. The molecule has 1 saturated carbocycles. The van der Waals surface area contributed by atoms with E-state index in [1.165, 1.54) is 13.3 Å². The Morgan fingerprint density at radius 3 is 2.35 bits per heavy atom. The van der Waals surface area contributed by atoms with Crippen molar-refractivity contribution in [1.29, 1.82) is 0 Å². The largest absolute Gasteiger partial charge is 0.503 e. The molecule has 0 radical (unpaired) electrons. The van der Waals surface area contributed by atoms with E-state index in [1.54, 1.807) is 4.90 Å². The fraction of sp³-hybridized carbons (Fsp3) is 0.444. The van der Waals surface area contributed by atoms with E-state index in [2.05, 4.69) is 15.9 Å². The van der Waals surface area contributed by atoms with Crippen LogP contribution in [0, 0.1) is 0 Å². The van der Waals surface area contributed by atoms with Crippen molar-refractivity contribution in [1.82, 2.24) is 4.90 Å². The molecule has 0 saturated heterocycles. The normalized spacial score (nSPS) is 22.8. The summed E-state index contributed by atoms with van der Waals surface area (Å²) < 4.78 is 0.937. The van der Waals surface area contributed by atoms with Gasteiger partial charge >= 0.3 is 0 Å². The summed E-state index contributed by atoms with van der Waals surface area (Å²) in [6.07, 6.45) is 5.20. The van der Waals surface area contributed by atoms with Crippen LogP contribution in [0.5, 0.6) is 0 Å². The van der Waals surface area contributed by atoms with Crippen LogP contribution < -0.4 is 0 Å². The zero-order valence-corrected chi connectivity index (χ0v) is 14.7. The molecule has 1 aromatic carbocycles. The third-order valence-corrected chi connectivity index (χ3v) is 5.31. The van der Waals surface area contributed by atoms with E-state index in [4.69, 9.17) is 0 Å². The molecule has 23 heavy (non-hydrogen) atoms. The number of ketones is 1. The Morgan fingerprint density at radius 2 is 1.78 bits per heavy atom. The first-order chi connectivity index (χ1) is 11.0. The van der Waals surface area contributed by atoms with Crippen molar-refractivity contribution in [3.8, 4) is 0 Å². The highest BCUT2D eigenvalue weighted by Gasteiger charge is 2.45. The summed E-state index contributed by atoms with van der Waals surface area (Å²) in [6, 6.07) is 7.21. The predicted octanol–water partition coefficient (Wildman–Crippen LogP) is 4.07. The number of Topliss-reactive ketones (excluding diaryl/α,β-unsaturated/α-hetero) is 1. The lowest BCUT2D eigenvalue weighted by molar-refractivity contribution is -0.132. The number of nitrogens with zero attached hydrogens (tertiary/aromatic N) is 1. The molecular formula is C18H20BrNO3. The van der Waals surface area contributed by atoms with Gasteiger partial charge in [0.15, 0.2) is 11.5 Å². The van der Waals surface area contributed by atoms with Crippen LogP contribution in [0.4, 0.5) is 0 Å². The Hall–Kier alpha value is -1.62. The van der Waals surface area contributed by atoms with Crippen molar-refractivity contribution < 1.29 is 14.7 Å². The van der Waals surface area contributed by atoms with E-state index >= 15 is 0 Å². The van der Waals surface area contributed by atoms with E-state index in [0.29, 0.717) is 0 Å². The molecule has 0 bridgehead atoms. The van der Waals surface area contributed by atoms with Gasteiger partial charge in [0.25, 0.3) is 5.91 Å². The van der Waals surface area contributed by atoms with Crippen molar-refractivity contribution in [3.05, 3.63) is 45.6 Å². The second-order valence-electron chi connectivity index (χ2n) is 6.28. The van der Waals surface area contributed by atoms with E-state index < -0.39 is 11.9 Å². The average molecular weight is 378 g/mol. The topological polar surface area (TPSA) is 57.6 Å². The highest BCUT2D eigenvalue weighted by atomic mass is 79.9. The Labute approximate surface area is 144 Å². The lowest BCUT2D eigenvalue weighted by Gasteiger charge is -2.36. The van der Waals surface area contributed by atoms with Crippen LogP contribution in [0.2, 0.25) is 0 Å². The van der Waals surface area contributed by atoms with E-state index in [-0.39, 0.29) is 23.2 Å². The van der Waals surface area contributed by atoms with Crippen LogP contribution in [-0.4, -0.2) is 27.7 Å². The summed E-state index contributed by atoms with van der Waals surface area (Å²) in [5, 5.41) is 10.3. The fourth-order valence-corrected chi connectivity index (χ4v) is 3.96. The van der Waals surface area contributed by atoms with Crippen LogP contribution in [0.15, 0.2) is 40.1 Å². The van der Waals surface area contributed by atoms with Crippen molar-refractivity contribution in [2.75, 3.05) is 0 Å². The first-order valence-electron chi connectivity index (χ1n) is 8.03. The van der Waals surface area contributed by atoms with Crippen molar-refractivity contribution in [2.45, 2.75) is 51.1 Å². The fourth-order valence-electron chi connectivity index (χ4n) is 3.69. The SMILES string of the molecule is CC(=O)C1=C(O)C(=O)N(C2CCCCC2)C1c1ccc(Br)cc1. The Bertz CT molecular complexity index is 659. The van der Waals surface area contributed by atoms with Gasteiger partial charge in [0.1, 0.15) is 0 Å². The van der Waals surface area contributed by atoms with E-state index in [1.807, 2.05) is 24.3 Å². The minimum atomic E-state index is -0.476. The van der Waals surface area contributed by atoms with Crippen LogP contribution in [-0.2, 0) is 9.59 Å². The second kappa shape index (κ2) is 6.48. The smallest absolute Gasteiger partial charge is 0.290 e. The molecule has 1 aliphatic carbocycles. The highest BCUT2D eigenvalue weighted by Crippen LogP contribution is 2.42. The Balaban J connectivity index is 2.05. The van der Waals surface area contributed by atoms with Gasteiger partial charge in [-0.3, -0.25) is 9.59 Å². The number of halogens is 1. The Morgan fingerprint density at radius 1 is 1.17 bits per heavy atom. The maximum absolute atomic E-state index is 12.6. The molecule has 0 spiro atoms. The number of rotatable bonds is 3. The van der Waals surface area contributed by atoms with Gasteiger partial charge in [0.05, 0.1) is 11.6 Å². The van der Waals surface area contributed by atoms with E-state index in [9.17, 15) is 14.7 Å². The summed E-state index contributed by atoms with van der Waals surface area (Å²) in [6.45, 7) is 1.41. The molecule has 1 fully saturated rings. The van der Waals surface area contributed by atoms with Gasteiger partial charge in [-0.05, 0) is 37.5 Å². The molecule has 1 aromatic rings. The zero-order chi connectivity index (χ0) is 16.6. The van der Waals surface area contributed by atoms with Gasteiger partial charge in [0, 0.05) is 10.5 Å².